The summed E-state index contributed by atoms with van der Waals surface area (Å²) >= 11 is 5.94. The van der Waals surface area contributed by atoms with Crippen molar-refractivity contribution in [3.63, 3.8) is 0 Å². The van der Waals surface area contributed by atoms with E-state index in [2.05, 4.69) is 38.7 Å². The van der Waals surface area contributed by atoms with E-state index >= 15 is 0 Å². The van der Waals surface area contributed by atoms with E-state index in [-0.39, 0.29) is 0 Å². The lowest BCUT2D eigenvalue weighted by Crippen LogP contribution is -2.44. The number of hydrogen-bond donors (Lipinski definition) is 0. The van der Waals surface area contributed by atoms with Gasteiger partial charge >= 0.3 is 0 Å². The number of likely N-dealkylation sites (N-methyl/N-ethyl adjacent to an activating group) is 1. The van der Waals surface area contributed by atoms with Gasteiger partial charge in [0.2, 0.25) is 0 Å². The van der Waals surface area contributed by atoms with Gasteiger partial charge in [-0.25, -0.2) is 9.97 Å². The Morgan fingerprint density at radius 1 is 0.786 bits per heavy atom. The number of pyridine rings is 2. The summed E-state index contributed by atoms with van der Waals surface area (Å²) in [5.41, 5.74) is 3.75. The number of benzene rings is 1. The molecule has 0 atom stereocenters. The molecule has 1 aromatic carbocycles. The van der Waals surface area contributed by atoms with Crippen molar-refractivity contribution in [3.05, 3.63) is 77.2 Å². The highest BCUT2D eigenvalue weighted by molar-refractivity contribution is 6.30. The van der Waals surface area contributed by atoms with E-state index in [0.29, 0.717) is 0 Å². The molecule has 0 unspecified atom stereocenters. The molecular weight excluding hydrogens is 368 g/mol. The third-order valence-electron chi connectivity index (χ3n) is 4.85. The summed E-state index contributed by atoms with van der Waals surface area (Å²) in [6, 6.07) is 15.8. The van der Waals surface area contributed by atoms with Crippen molar-refractivity contribution in [2.24, 2.45) is 0 Å². The first-order valence-corrected chi connectivity index (χ1v) is 9.69. The molecule has 140 valence electrons. The molecule has 1 aliphatic heterocycles. The molecule has 0 saturated carbocycles. The lowest BCUT2D eigenvalue weighted by atomic mass is 10.1. The number of rotatable bonds is 2. The van der Waals surface area contributed by atoms with Gasteiger partial charge in [0.05, 0.1) is 0 Å². The average molecular weight is 389 g/mol. The van der Waals surface area contributed by atoms with Crippen molar-refractivity contribution in [3.8, 4) is 23.0 Å². The van der Waals surface area contributed by atoms with Crippen LogP contribution in [-0.4, -0.2) is 48.1 Å². The van der Waals surface area contributed by atoms with Gasteiger partial charge < -0.3 is 9.80 Å². The Morgan fingerprint density at radius 2 is 1.54 bits per heavy atom. The maximum absolute atomic E-state index is 5.94. The first-order valence-electron chi connectivity index (χ1n) is 9.31. The van der Waals surface area contributed by atoms with Gasteiger partial charge in [-0.2, -0.15) is 0 Å². The molecule has 3 aromatic rings. The molecule has 1 saturated heterocycles. The highest BCUT2D eigenvalue weighted by Crippen LogP contribution is 2.20. The topological polar surface area (TPSA) is 32.3 Å². The second kappa shape index (κ2) is 8.43. The zero-order chi connectivity index (χ0) is 19.3. The van der Waals surface area contributed by atoms with Gasteiger partial charge in [0.1, 0.15) is 11.5 Å². The van der Waals surface area contributed by atoms with Gasteiger partial charge in [0, 0.05) is 54.7 Å². The normalized spacial score (nSPS) is 14.4. The minimum atomic E-state index is 0.728. The second-order valence-electron chi connectivity index (χ2n) is 6.88. The van der Waals surface area contributed by atoms with Crippen LogP contribution in [0.2, 0.25) is 5.02 Å². The molecule has 4 rings (SSSR count). The van der Waals surface area contributed by atoms with E-state index < -0.39 is 0 Å². The SMILES string of the molecule is CN1CCN(c2ccc(C#Cc3ccc(-c4ccc(Cl)cc4)cn3)cn2)CC1. The molecule has 3 heterocycles. The first-order chi connectivity index (χ1) is 13.7. The predicted molar refractivity (Wildman–Crippen MR) is 115 cm³/mol. The molecule has 0 radical (unpaired) electrons. The predicted octanol–water partition coefficient (Wildman–Crippen LogP) is 3.95. The van der Waals surface area contributed by atoms with Crippen LogP contribution in [0.3, 0.4) is 0 Å². The molecule has 0 aliphatic carbocycles. The van der Waals surface area contributed by atoms with Crippen LogP contribution in [0.4, 0.5) is 5.82 Å². The van der Waals surface area contributed by atoms with Crippen molar-refractivity contribution in [2.45, 2.75) is 0 Å². The van der Waals surface area contributed by atoms with E-state index in [1.165, 1.54) is 0 Å². The van der Waals surface area contributed by atoms with E-state index in [9.17, 15) is 0 Å². The summed E-state index contributed by atoms with van der Waals surface area (Å²) < 4.78 is 0. The number of piperazine rings is 1. The lowest BCUT2D eigenvalue weighted by molar-refractivity contribution is 0.312. The van der Waals surface area contributed by atoms with Crippen molar-refractivity contribution in [2.75, 3.05) is 38.1 Å². The number of hydrogen-bond acceptors (Lipinski definition) is 4. The van der Waals surface area contributed by atoms with Crippen LogP contribution < -0.4 is 4.90 Å². The molecular formula is C23H21ClN4. The van der Waals surface area contributed by atoms with Crippen molar-refractivity contribution in [1.29, 1.82) is 0 Å². The summed E-state index contributed by atoms with van der Waals surface area (Å²) in [5, 5.41) is 0.728. The standard InChI is InChI=1S/C23H21ClN4/c1-27-12-14-28(15-13-27)23-11-3-18(16-26-23)2-9-22-10-6-20(17-25-22)19-4-7-21(24)8-5-19/h3-8,10-11,16-17H,12-15H2,1H3. The number of anilines is 1. The second-order valence-corrected chi connectivity index (χ2v) is 7.32. The van der Waals surface area contributed by atoms with Crippen LogP contribution in [0.15, 0.2) is 60.9 Å². The van der Waals surface area contributed by atoms with E-state index in [4.69, 9.17) is 11.6 Å². The summed E-state index contributed by atoms with van der Waals surface area (Å²) in [5.74, 6) is 7.27. The third kappa shape index (κ3) is 4.51. The monoisotopic (exact) mass is 388 g/mol. The number of nitrogens with zero attached hydrogens (tertiary/aromatic N) is 4. The Hall–Kier alpha value is -2.87. The van der Waals surface area contributed by atoms with Crippen LogP contribution in [-0.2, 0) is 0 Å². The fourth-order valence-corrected chi connectivity index (χ4v) is 3.23. The largest absolute Gasteiger partial charge is 0.354 e. The minimum Gasteiger partial charge on any atom is -0.354 e. The molecule has 1 aliphatic rings. The third-order valence-corrected chi connectivity index (χ3v) is 5.10. The summed E-state index contributed by atoms with van der Waals surface area (Å²) in [4.78, 5) is 13.7. The fourth-order valence-electron chi connectivity index (χ4n) is 3.10. The summed E-state index contributed by atoms with van der Waals surface area (Å²) in [6.45, 7) is 4.17. The highest BCUT2D eigenvalue weighted by Gasteiger charge is 2.14. The van der Waals surface area contributed by atoms with E-state index in [0.717, 1.165) is 59.4 Å². The zero-order valence-electron chi connectivity index (χ0n) is 15.8. The van der Waals surface area contributed by atoms with Crippen LogP contribution in [0.25, 0.3) is 11.1 Å². The van der Waals surface area contributed by atoms with Gasteiger partial charge in [-0.15, -0.1) is 0 Å². The Labute approximate surface area is 170 Å². The van der Waals surface area contributed by atoms with Crippen molar-refractivity contribution >= 4 is 17.4 Å². The molecule has 28 heavy (non-hydrogen) atoms. The van der Waals surface area contributed by atoms with Gasteiger partial charge in [-0.05, 0) is 48.9 Å². The van der Waals surface area contributed by atoms with Gasteiger partial charge in [-0.3, -0.25) is 0 Å². The van der Waals surface area contributed by atoms with E-state index in [1.54, 1.807) is 0 Å². The molecule has 0 bridgehead atoms. The van der Waals surface area contributed by atoms with Gasteiger partial charge in [-0.1, -0.05) is 35.7 Å². The Balaban J connectivity index is 1.43. The molecule has 2 aromatic heterocycles. The molecule has 0 amide bonds. The van der Waals surface area contributed by atoms with Crippen LogP contribution in [0.1, 0.15) is 11.3 Å². The molecule has 1 fully saturated rings. The Morgan fingerprint density at radius 3 is 2.18 bits per heavy atom. The number of aromatic nitrogens is 2. The Bertz CT molecular complexity index is 978. The average Bonchev–Trinajstić information content (AvgIpc) is 2.74. The van der Waals surface area contributed by atoms with Crippen molar-refractivity contribution < 1.29 is 0 Å². The van der Waals surface area contributed by atoms with Gasteiger partial charge in [0.25, 0.3) is 0 Å². The van der Waals surface area contributed by atoms with Crippen LogP contribution in [0.5, 0.6) is 0 Å². The van der Waals surface area contributed by atoms with E-state index in [1.807, 2.05) is 60.9 Å². The lowest BCUT2D eigenvalue weighted by Gasteiger charge is -2.33. The Kier molecular flexibility index (Phi) is 5.57. The fraction of sp³-hybridized carbons (Fsp3) is 0.217. The molecule has 4 nitrogen and oxygen atoms in total. The molecule has 0 spiro atoms. The van der Waals surface area contributed by atoms with Crippen LogP contribution >= 0.6 is 11.6 Å². The summed E-state index contributed by atoms with van der Waals surface area (Å²) in [7, 11) is 2.15. The molecule has 5 heteroatoms. The van der Waals surface area contributed by atoms with Gasteiger partial charge in [0.15, 0.2) is 0 Å². The summed E-state index contributed by atoms with van der Waals surface area (Å²) in [6.07, 6.45) is 3.67. The minimum absolute atomic E-state index is 0.728. The maximum atomic E-state index is 5.94. The molecule has 0 N–H and O–H groups in total. The van der Waals surface area contributed by atoms with Crippen molar-refractivity contribution in [1.82, 2.24) is 14.9 Å². The highest BCUT2D eigenvalue weighted by atomic mass is 35.5. The quantitative estimate of drug-likeness (QED) is 0.622. The zero-order valence-corrected chi connectivity index (χ0v) is 16.5. The smallest absolute Gasteiger partial charge is 0.128 e. The first kappa shape index (κ1) is 18.5. The van der Waals surface area contributed by atoms with Crippen LogP contribution in [0, 0.1) is 11.8 Å². The number of halogens is 1. The maximum Gasteiger partial charge on any atom is 0.128 e.